The van der Waals surface area contributed by atoms with Gasteiger partial charge in [0, 0.05) is 26.2 Å². The molecular formula is C24H26NO6P. The zero-order valence-corrected chi connectivity index (χ0v) is 19.1. The number of nitrogens with one attached hydrogen (secondary N) is 1. The Hall–Kier alpha value is -2.99. The van der Waals surface area contributed by atoms with Gasteiger partial charge in [0.05, 0.1) is 13.3 Å². The minimum atomic E-state index is -3.20. The van der Waals surface area contributed by atoms with Crippen molar-refractivity contribution >= 4 is 30.2 Å². The predicted molar refractivity (Wildman–Crippen MR) is 123 cm³/mol. The van der Waals surface area contributed by atoms with Crippen molar-refractivity contribution in [2.45, 2.75) is 18.6 Å². The van der Waals surface area contributed by atoms with Gasteiger partial charge in [0.2, 0.25) is 0 Å². The Balaban J connectivity index is 1.73. The molecule has 0 radical (unpaired) electrons. The summed E-state index contributed by atoms with van der Waals surface area (Å²) < 4.78 is 27.1. The highest BCUT2D eigenvalue weighted by atomic mass is 31.2. The van der Waals surface area contributed by atoms with Crippen LogP contribution in [-0.4, -0.2) is 39.2 Å². The molecule has 1 atom stereocenters. The summed E-state index contributed by atoms with van der Waals surface area (Å²) in [6, 6.07) is 19.6. The fraction of sp³-hybridized carbons (Fsp3) is 0.250. The lowest BCUT2D eigenvalue weighted by atomic mass is 10.0. The van der Waals surface area contributed by atoms with Gasteiger partial charge in [0.25, 0.3) is 5.91 Å². The van der Waals surface area contributed by atoms with Gasteiger partial charge in [0.1, 0.15) is 6.04 Å². The fourth-order valence-electron chi connectivity index (χ4n) is 3.37. The van der Waals surface area contributed by atoms with Gasteiger partial charge in [-0.05, 0) is 34.0 Å². The van der Waals surface area contributed by atoms with Crippen LogP contribution in [0.25, 0.3) is 10.8 Å². The molecule has 0 aliphatic heterocycles. The Morgan fingerprint density at radius 2 is 1.50 bits per heavy atom. The third-order valence-electron chi connectivity index (χ3n) is 5.19. The molecule has 0 unspecified atom stereocenters. The molecule has 1 N–H and O–H groups in total. The molecule has 0 spiro atoms. The van der Waals surface area contributed by atoms with Gasteiger partial charge in [-0.15, -0.1) is 0 Å². The molecule has 1 amide bonds. The molecule has 3 aromatic carbocycles. The maximum atomic E-state index is 12.8. The fourth-order valence-corrected chi connectivity index (χ4v) is 4.43. The molecule has 168 valence electrons. The van der Waals surface area contributed by atoms with Crippen LogP contribution in [0.1, 0.15) is 21.5 Å². The molecule has 3 rings (SSSR count). The molecule has 0 fully saturated rings. The van der Waals surface area contributed by atoms with E-state index < -0.39 is 25.5 Å². The molecule has 0 bridgehead atoms. The second-order valence-corrected chi connectivity index (χ2v) is 9.53. The molecule has 0 aromatic heterocycles. The lowest BCUT2D eigenvalue weighted by Gasteiger charge is -2.17. The first-order chi connectivity index (χ1) is 15.4. The topological polar surface area (TPSA) is 90.9 Å². The van der Waals surface area contributed by atoms with Crippen LogP contribution in [0.2, 0.25) is 0 Å². The van der Waals surface area contributed by atoms with Crippen LogP contribution in [0.15, 0.2) is 66.7 Å². The van der Waals surface area contributed by atoms with Gasteiger partial charge in [-0.2, -0.15) is 0 Å². The molecule has 0 heterocycles. The third kappa shape index (κ3) is 5.82. The molecule has 7 nitrogen and oxygen atoms in total. The van der Waals surface area contributed by atoms with Crippen LogP contribution in [0.3, 0.4) is 0 Å². The van der Waals surface area contributed by atoms with E-state index >= 15 is 0 Å². The number of amides is 1. The summed E-state index contributed by atoms with van der Waals surface area (Å²) in [5.41, 5.74) is 1.98. The van der Waals surface area contributed by atoms with Crippen molar-refractivity contribution in [1.29, 1.82) is 0 Å². The summed E-state index contributed by atoms with van der Waals surface area (Å²) in [6.45, 7) is 0. The number of methoxy groups -OCH3 is 1. The number of carbonyl (C=O) groups is 2. The van der Waals surface area contributed by atoms with E-state index in [1.165, 1.54) is 21.3 Å². The second-order valence-electron chi connectivity index (χ2n) is 7.27. The quantitative estimate of drug-likeness (QED) is 0.381. The minimum Gasteiger partial charge on any atom is -0.467 e. The number of rotatable bonds is 9. The second kappa shape index (κ2) is 10.6. The van der Waals surface area contributed by atoms with E-state index in [-0.39, 0.29) is 6.16 Å². The maximum Gasteiger partial charge on any atom is 0.334 e. The molecule has 0 aliphatic rings. The van der Waals surface area contributed by atoms with Crippen molar-refractivity contribution in [3.05, 3.63) is 83.4 Å². The van der Waals surface area contributed by atoms with Crippen molar-refractivity contribution in [2.75, 3.05) is 21.3 Å². The highest BCUT2D eigenvalue weighted by molar-refractivity contribution is 7.52. The van der Waals surface area contributed by atoms with Gasteiger partial charge in [-0.3, -0.25) is 9.36 Å². The summed E-state index contributed by atoms with van der Waals surface area (Å²) in [7, 11) is 0.748. The van der Waals surface area contributed by atoms with Gasteiger partial charge in [0.15, 0.2) is 0 Å². The van der Waals surface area contributed by atoms with Crippen LogP contribution < -0.4 is 5.32 Å². The van der Waals surface area contributed by atoms with Crippen LogP contribution >= 0.6 is 7.60 Å². The van der Waals surface area contributed by atoms with Crippen molar-refractivity contribution < 1.29 is 27.9 Å². The summed E-state index contributed by atoms with van der Waals surface area (Å²) >= 11 is 0. The van der Waals surface area contributed by atoms with Gasteiger partial charge in [-0.25, -0.2) is 4.79 Å². The molecule has 0 saturated carbocycles. The van der Waals surface area contributed by atoms with Crippen LogP contribution in [0, 0.1) is 0 Å². The number of carbonyl (C=O) groups excluding carboxylic acids is 2. The molecule has 0 saturated heterocycles. The molecule has 3 aromatic rings. The van der Waals surface area contributed by atoms with E-state index in [1.807, 2.05) is 42.5 Å². The van der Waals surface area contributed by atoms with Crippen LogP contribution in [-0.2, 0) is 35.7 Å². The van der Waals surface area contributed by atoms with Crippen molar-refractivity contribution in [3.63, 3.8) is 0 Å². The molecule has 8 heteroatoms. The van der Waals surface area contributed by atoms with Crippen molar-refractivity contribution in [1.82, 2.24) is 5.32 Å². The summed E-state index contributed by atoms with van der Waals surface area (Å²) in [5.74, 6) is -0.932. The Kier molecular flexibility index (Phi) is 7.80. The highest BCUT2D eigenvalue weighted by Crippen LogP contribution is 2.49. The zero-order valence-electron chi connectivity index (χ0n) is 18.2. The lowest BCUT2D eigenvalue weighted by Crippen LogP contribution is -2.43. The van der Waals surface area contributed by atoms with Crippen LogP contribution in [0.5, 0.6) is 0 Å². The predicted octanol–water partition coefficient (Wildman–Crippen LogP) is 4.34. The Morgan fingerprint density at radius 1 is 0.875 bits per heavy atom. The van der Waals surface area contributed by atoms with E-state index in [2.05, 4.69) is 5.32 Å². The largest absolute Gasteiger partial charge is 0.467 e. The Bertz CT molecular complexity index is 1140. The summed E-state index contributed by atoms with van der Waals surface area (Å²) in [5, 5.41) is 4.91. The highest BCUT2D eigenvalue weighted by Gasteiger charge is 2.24. The first kappa shape index (κ1) is 23.7. The van der Waals surface area contributed by atoms with Gasteiger partial charge in [-0.1, -0.05) is 54.6 Å². The number of ether oxygens (including phenoxy) is 1. The first-order valence-corrected chi connectivity index (χ1v) is 11.8. The monoisotopic (exact) mass is 455 g/mol. The number of benzene rings is 3. The average Bonchev–Trinajstić information content (AvgIpc) is 2.83. The number of hydrogen-bond donors (Lipinski definition) is 1. The standard InChI is InChI=1S/C24H26NO6P/c1-29-24(27)22(15-18-10-11-19-6-4-5-7-21(19)14-18)25-23(26)20-12-8-17(9-13-20)16-32(28,30-2)31-3/h4-14,22H,15-16H2,1-3H3,(H,25,26)/t22-/m1/s1. The van der Waals surface area contributed by atoms with E-state index in [0.717, 1.165) is 16.3 Å². The first-order valence-electron chi connectivity index (χ1n) is 10.0. The van der Waals surface area contributed by atoms with Gasteiger partial charge >= 0.3 is 13.6 Å². The number of esters is 1. The van der Waals surface area contributed by atoms with Crippen molar-refractivity contribution in [3.8, 4) is 0 Å². The van der Waals surface area contributed by atoms with E-state index in [1.54, 1.807) is 24.3 Å². The van der Waals surface area contributed by atoms with E-state index in [9.17, 15) is 14.2 Å². The van der Waals surface area contributed by atoms with Gasteiger partial charge < -0.3 is 19.1 Å². The SMILES string of the molecule is COC(=O)[C@@H](Cc1ccc2ccccc2c1)NC(=O)c1ccc(CP(=O)(OC)OC)cc1. The summed E-state index contributed by atoms with van der Waals surface area (Å²) in [6.07, 6.45) is 0.390. The van der Waals surface area contributed by atoms with Crippen LogP contribution in [0.4, 0.5) is 0 Å². The lowest BCUT2D eigenvalue weighted by molar-refractivity contribution is -0.142. The summed E-state index contributed by atoms with van der Waals surface area (Å²) in [4.78, 5) is 25.1. The molecule has 0 aliphatic carbocycles. The third-order valence-corrected chi connectivity index (χ3v) is 7.06. The minimum absolute atomic E-state index is 0.0919. The normalized spacial score (nSPS) is 12.3. The zero-order chi connectivity index (χ0) is 23.1. The number of hydrogen-bond acceptors (Lipinski definition) is 6. The smallest absolute Gasteiger partial charge is 0.334 e. The van der Waals surface area contributed by atoms with E-state index in [0.29, 0.717) is 17.5 Å². The maximum absolute atomic E-state index is 12.8. The van der Waals surface area contributed by atoms with E-state index in [4.69, 9.17) is 13.8 Å². The number of fused-ring (bicyclic) bond motifs is 1. The molecule has 32 heavy (non-hydrogen) atoms. The molecular weight excluding hydrogens is 429 g/mol. The Labute approximate surface area is 187 Å². The average molecular weight is 455 g/mol. The van der Waals surface area contributed by atoms with Crippen molar-refractivity contribution in [2.24, 2.45) is 0 Å². The Morgan fingerprint density at radius 3 is 2.12 bits per heavy atom.